The minimum Gasteiger partial charge on any atom is -0.364 e. The molecule has 18 heavy (non-hydrogen) atoms. The van der Waals surface area contributed by atoms with Crippen molar-refractivity contribution in [1.82, 2.24) is 10.5 Å². The van der Waals surface area contributed by atoms with Crippen LogP contribution in [0.4, 0.5) is 5.69 Å². The van der Waals surface area contributed by atoms with Crippen LogP contribution in [0.15, 0.2) is 41.1 Å². The first kappa shape index (κ1) is 12.3. The molecule has 0 saturated carbocycles. The Labute approximate surface area is 105 Å². The molecule has 5 heteroatoms. The number of nitrogens with zero attached hydrogens (tertiary/aromatic N) is 1. The summed E-state index contributed by atoms with van der Waals surface area (Å²) in [5.41, 5.74) is 2.16. The Bertz CT molecular complexity index is 506. The van der Waals surface area contributed by atoms with Crippen LogP contribution in [0.3, 0.4) is 0 Å². The first-order chi connectivity index (χ1) is 8.70. The standard InChI is InChI=1S/C13H15N3O2/c1-9(14-2)10-3-5-11(6-4-10)15-13(17)12-7-8-18-16-12/h3-9,14H,1-2H3,(H,15,17). The minimum atomic E-state index is -0.279. The van der Waals surface area contributed by atoms with Gasteiger partial charge in [-0.15, -0.1) is 0 Å². The molecule has 2 rings (SSSR count). The summed E-state index contributed by atoms with van der Waals surface area (Å²) < 4.78 is 4.62. The summed E-state index contributed by atoms with van der Waals surface area (Å²) in [6.07, 6.45) is 1.37. The number of anilines is 1. The third kappa shape index (κ3) is 2.75. The van der Waals surface area contributed by atoms with Crippen molar-refractivity contribution < 1.29 is 9.32 Å². The molecule has 1 amide bonds. The van der Waals surface area contributed by atoms with Gasteiger partial charge in [-0.3, -0.25) is 4.79 Å². The smallest absolute Gasteiger partial charge is 0.277 e. The van der Waals surface area contributed by atoms with E-state index in [2.05, 4.69) is 27.2 Å². The second-order valence-corrected chi connectivity index (χ2v) is 3.97. The Balaban J connectivity index is 2.04. The van der Waals surface area contributed by atoms with Crippen LogP contribution in [0.1, 0.15) is 29.0 Å². The molecule has 1 aromatic heterocycles. The Morgan fingerprint density at radius 3 is 2.56 bits per heavy atom. The van der Waals surface area contributed by atoms with Gasteiger partial charge in [0.2, 0.25) is 0 Å². The molecule has 0 radical (unpaired) electrons. The molecule has 1 atom stereocenters. The summed E-state index contributed by atoms with van der Waals surface area (Å²) in [5, 5.41) is 9.48. The molecule has 0 saturated heterocycles. The lowest BCUT2D eigenvalue weighted by molar-refractivity contribution is 0.101. The zero-order valence-corrected chi connectivity index (χ0v) is 10.3. The average molecular weight is 245 g/mol. The Hall–Kier alpha value is -2.14. The summed E-state index contributed by atoms with van der Waals surface area (Å²) in [6.45, 7) is 2.07. The Kier molecular flexibility index (Phi) is 3.74. The van der Waals surface area contributed by atoms with Gasteiger partial charge in [-0.1, -0.05) is 17.3 Å². The zero-order valence-electron chi connectivity index (χ0n) is 10.3. The molecule has 2 N–H and O–H groups in total. The molecule has 0 bridgehead atoms. The van der Waals surface area contributed by atoms with Crippen molar-refractivity contribution in [3.63, 3.8) is 0 Å². The number of benzene rings is 1. The maximum Gasteiger partial charge on any atom is 0.277 e. The van der Waals surface area contributed by atoms with Crippen LogP contribution in [-0.2, 0) is 0 Å². The number of nitrogens with one attached hydrogen (secondary N) is 2. The van der Waals surface area contributed by atoms with Crippen molar-refractivity contribution in [1.29, 1.82) is 0 Å². The van der Waals surface area contributed by atoms with Crippen LogP contribution in [0.25, 0.3) is 0 Å². The van der Waals surface area contributed by atoms with Crippen molar-refractivity contribution in [3.8, 4) is 0 Å². The topological polar surface area (TPSA) is 67.2 Å². The highest BCUT2D eigenvalue weighted by atomic mass is 16.5. The van der Waals surface area contributed by atoms with Gasteiger partial charge in [0.05, 0.1) is 0 Å². The van der Waals surface area contributed by atoms with E-state index < -0.39 is 0 Å². The summed E-state index contributed by atoms with van der Waals surface area (Å²) >= 11 is 0. The number of carbonyl (C=O) groups is 1. The maximum absolute atomic E-state index is 11.7. The molecule has 1 unspecified atom stereocenters. The molecule has 0 aliphatic rings. The second kappa shape index (κ2) is 5.46. The number of hydrogen-bond donors (Lipinski definition) is 2. The summed E-state index contributed by atoms with van der Waals surface area (Å²) in [7, 11) is 1.91. The van der Waals surface area contributed by atoms with Crippen molar-refractivity contribution in [2.75, 3.05) is 12.4 Å². The van der Waals surface area contributed by atoms with E-state index >= 15 is 0 Å². The largest absolute Gasteiger partial charge is 0.364 e. The Morgan fingerprint density at radius 2 is 2.00 bits per heavy atom. The molecule has 0 aliphatic heterocycles. The highest BCUT2D eigenvalue weighted by Crippen LogP contribution is 2.16. The van der Waals surface area contributed by atoms with E-state index in [4.69, 9.17) is 0 Å². The van der Waals surface area contributed by atoms with E-state index in [0.29, 0.717) is 0 Å². The van der Waals surface area contributed by atoms with E-state index in [1.54, 1.807) is 0 Å². The second-order valence-electron chi connectivity index (χ2n) is 3.97. The maximum atomic E-state index is 11.7. The number of amides is 1. The number of carbonyl (C=O) groups excluding carboxylic acids is 1. The predicted octanol–water partition coefficient (Wildman–Crippen LogP) is 2.21. The highest BCUT2D eigenvalue weighted by molar-refractivity contribution is 6.02. The monoisotopic (exact) mass is 245 g/mol. The van der Waals surface area contributed by atoms with Gasteiger partial charge in [0.1, 0.15) is 6.26 Å². The van der Waals surface area contributed by atoms with E-state index in [-0.39, 0.29) is 17.6 Å². The lowest BCUT2D eigenvalue weighted by Gasteiger charge is -2.11. The fourth-order valence-corrected chi connectivity index (χ4v) is 1.55. The predicted molar refractivity (Wildman–Crippen MR) is 68.4 cm³/mol. The minimum absolute atomic E-state index is 0.266. The molecule has 0 spiro atoms. The molecule has 0 fully saturated rings. The lowest BCUT2D eigenvalue weighted by Crippen LogP contribution is -2.13. The zero-order chi connectivity index (χ0) is 13.0. The van der Waals surface area contributed by atoms with Gasteiger partial charge in [0.15, 0.2) is 5.69 Å². The normalized spacial score (nSPS) is 12.1. The van der Waals surface area contributed by atoms with Crippen LogP contribution >= 0.6 is 0 Å². The third-order valence-corrected chi connectivity index (χ3v) is 2.77. The first-order valence-corrected chi connectivity index (χ1v) is 5.69. The molecule has 1 aromatic carbocycles. The third-order valence-electron chi connectivity index (χ3n) is 2.77. The fraction of sp³-hybridized carbons (Fsp3) is 0.231. The number of rotatable bonds is 4. The quantitative estimate of drug-likeness (QED) is 0.866. The van der Waals surface area contributed by atoms with E-state index in [1.165, 1.54) is 12.3 Å². The van der Waals surface area contributed by atoms with Gasteiger partial charge >= 0.3 is 0 Å². The molecule has 2 aromatic rings. The van der Waals surface area contributed by atoms with Crippen molar-refractivity contribution >= 4 is 11.6 Å². The van der Waals surface area contributed by atoms with E-state index in [1.807, 2.05) is 31.3 Å². The van der Waals surface area contributed by atoms with Gasteiger partial charge in [0, 0.05) is 17.8 Å². The molecular formula is C13H15N3O2. The fourth-order valence-electron chi connectivity index (χ4n) is 1.55. The number of aromatic nitrogens is 1. The van der Waals surface area contributed by atoms with Crippen LogP contribution in [0.2, 0.25) is 0 Å². The molecule has 0 aliphatic carbocycles. The van der Waals surface area contributed by atoms with Crippen molar-refractivity contribution in [2.24, 2.45) is 0 Å². The van der Waals surface area contributed by atoms with Crippen LogP contribution in [0, 0.1) is 0 Å². The summed E-state index contributed by atoms with van der Waals surface area (Å²) in [5.74, 6) is -0.279. The van der Waals surface area contributed by atoms with Crippen LogP contribution in [0.5, 0.6) is 0 Å². The summed E-state index contributed by atoms with van der Waals surface area (Å²) in [4.78, 5) is 11.7. The SMILES string of the molecule is CNC(C)c1ccc(NC(=O)c2ccon2)cc1. The molecule has 5 nitrogen and oxygen atoms in total. The van der Waals surface area contributed by atoms with Gasteiger partial charge in [-0.05, 0) is 31.7 Å². The van der Waals surface area contributed by atoms with Gasteiger partial charge in [-0.2, -0.15) is 0 Å². The van der Waals surface area contributed by atoms with Gasteiger partial charge in [0.25, 0.3) is 5.91 Å². The van der Waals surface area contributed by atoms with Crippen molar-refractivity contribution in [2.45, 2.75) is 13.0 Å². The van der Waals surface area contributed by atoms with E-state index in [9.17, 15) is 4.79 Å². The molecular weight excluding hydrogens is 230 g/mol. The highest BCUT2D eigenvalue weighted by Gasteiger charge is 2.09. The van der Waals surface area contributed by atoms with Gasteiger partial charge < -0.3 is 15.2 Å². The average Bonchev–Trinajstić information content (AvgIpc) is 2.92. The van der Waals surface area contributed by atoms with Crippen LogP contribution < -0.4 is 10.6 Å². The summed E-state index contributed by atoms with van der Waals surface area (Å²) in [6, 6.07) is 9.47. The van der Waals surface area contributed by atoms with Gasteiger partial charge in [-0.25, -0.2) is 0 Å². The van der Waals surface area contributed by atoms with Crippen molar-refractivity contribution in [3.05, 3.63) is 47.9 Å². The lowest BCUT2D eigenvalue weighted by atomic mass is 10.1. The molecule has 94 valence electrons. The Morgan fingerprint density at radius 1 is 1.28 bits per heavy atom. The first-order valence-electron chi connectivity index (χ1n) is 5.69. The number of hydrogen-bond acceptors (Lipinski definition) is 4. The molecule has 1 heterocycles. The van der Waals surface area contributed by atoms with E-state index in [0.717, 1.165) is 11.3 Å². The van der Waals surface area contributed by atoms with Crippen LogP contribution in [-0.4, -0.2) is 18.1 Å².